The fraction of sp³-hybridized carbons (Fsp3) is 0.316. The van der Waals surface area contributed by atoms with Crippen molar-refractivity contribution < 1.29 is 4.79 Å². The first-order chi connectivity index (χ1) is 12.6. The molecule has 0 spiro atoms. The Morgan fingerprint density at radius 1 is 1.27 bits per heavy atom. The van der Waals surface area contributed by atoms with Gasteiger partial charge < -0.3 is 4.57 Å². The van der Waals surface area contributed by atoms with Gasteiger partial charge in [-0.2, -0.15) is 10.4 Å². The summed E-state index contributed by atoms with van der Waals surface area (Å²) < 4.78 is 3.47. The molecular weight excluding hydrogens is 328 g/mol. The van der Waals surface area contributed by atoms with Crippen molar-refractivity contribution in [2.24, 2.45) is 20.0 Å². The third-order valence-corrected chi connectivity index (χ3v) is 4.92. The molecule has 4 rings (SSSR count). The summed E-state index contributed by atoms with van der Waals surface area (Å²) in [6.07, 6.45) is 4.47. The van der Waals surface area contributed by atoms with E-state index in [1.165, 1.54) is 0 Å². The van der Waals surface area contributed by atoms with Gasteiger partial charge in [-0.25, -0.2) is 0 Å². The van der Waals surface area contributed by atoms with Crippen LogP contribution >= 0.6 is 0 Å². The van der Waals surface area contributed by atoms with Gasteiger partial charge in [0, 0.05) is 31.8 Å². The first kappa shape index (κ1) is 16.2. The molecule has 7 nitrogen and oxygen atoms in total. The molecule has 1 aliphatic carbocycles. The highest BCUT2D eigenvalue weighted by Crippen LogP contribution is 2.49. The number of hydrogen-bond donors (Lipinski definition) is 0. The van der Waals surface area contributed by atoms with Crippen LogP contribution in [0.2, 0.25) is 0 Å². The topological polar surface area (TPSA) is 89.4 Å². The summed E-state index contributed by atoms with van der Waals surface area (Å²) in [5.41, 5.74) is 1.95. The van der Waals surface area contributed by atoms with Gasteiger partial charge in [0.25, 0.3) is 0 Å². The quantitative estimate of drug-likeness (QED) is 0.706. The zero-order valence-electron chi connectivity index (χ0n) is 14.6. The van der Waals surface area contributed by atoms with E-state index in [2.05, 4.69) is 21.4 Å². The third-order valence-electron chi connectivity index (χ3n) is 4.92. The smallest absolute Gasteiger partial charge is 0.165 e. The largest absolute Gasteiger partial charge is 0.313 e. The number of nitriles is 1. The average Bonchev–Trinajstić information content (AvgIpc) is 3.21. The molecule has 1 aromatic carbocycles. The summed E-state index contributed by atoms with van der Waals surface area (Å²) >= 11 is 0. The number of nitrogens with zero attached hydrogens (tertiary/aromatic N) is 6. The van der Waals surface area contributed by atoms with Gasteiger partial charge in [0.15, 0.2) is 23.3 Å². The summed E-state index contributed by atoms with van der Waals surface area (Å²) in [6, 6.07) is 11.7. The number of carbonyl (C=O) groups excluding carboxylic acids is 1. The van der Waals surface area contributed by atoms with Crippen LogP contribution in [0, 0.1) is 17.2 Å². The summed E-state index contributed by atoms with van der Waals surface area (Å²) in [5, 5.41) is 22.1. The molecule has 1 fully saturated rings. The van der Waals surface area contributed by atoms with E-state index in [1.807, 2.05) is 43.6 Å². The molecule has 130 valence electrons. The Bertz CT molecular complexity index is 997. The lowest BCUT2D eigenvalue weighted by molar-refractivity contribution is -0.120. The summed E-state index contributed by atoms with van der Waals surface area (Å²) in [7, 11) is 3.65. The van der Waals surface area contributed by atoms with E-state index in [-0.39, 0.29) is 17.6 Å². The Kier molecular flexibility index (Phi) is 3.88. The molecule has 0 unspecified atom stereocenters. The predicted molar refractivity (Wildman–Crippen MR) is 93.9 cm³/mol. The highest BCUT2D eigenvalue weighted by molar-refractivity contribution is 5.92. The van der Waals surface area contributed by atoms with Crippen molar-refractivity contribution in [1.29, 1.82) is 5.26 Å². The Labute approximate surface area is 150 Å². The van der Waals surface area contributed by atoms with Crippen LogP contribution in [0.4, 0.5) is 0 Å². The van der Waals surface area contributed by atoms with E-state index in [0.717, 1.165) is 17.5 Å². The van der Waals surface area contributed by atoms with Crippen LogP contribution in [-0.2, 0) is 18.9 Å². The Morgan fingerprint density at radius 2 is 2.04 bits per heavy atom. The zero-order chi connectivity index (χ0) is 18.3. The average molecular weight is 346 g/mol. The fourth-order valence-corrected chi connectivity index (χ4v) is 3.40. The van der Waals surface area contributed by atoms with Gasteiger partial charge >= 0.3 is 0 Å². The first-order valence-electron chi connectivity index (χ1n) is 8.46. The maximum atomic E-state index is 12.9. The predicted octanol–water partition coefficient (Wildman–Crippen LogP) is 2.20. The van der Waals surface area contributed by atoms with E-state index in [4.69, 9.17) is 0 Å². The number of rotatable bonds is 5. The molecule has 7 heteroatoms. The molecule has 3 aromatic rings. The highest BCUT2D eigenvalue weighted by atomic mass is 16.1. The van der Waals surface area contributed by atoms with Crippen LogP contribution in [0.1, 0.15) is 29.6 Å². The lowest BCUT2D eigenvalue weighted by Crippen LogP contribution is -2.17. The first-order valence-corrected chi connectivity index (χ1v) is 8.46. The third kappa shape index (κ3) is 2.69. The molecule has 1 aliphatic rings. The molecule has 0 aliphatic heterocycles. The molecule has 2 heterocycles. The lowest BCUT2D eigenvalue weighted by Gasteiger charge is -2.08. The van der Waals surface area contributed by atoms with E-state index in [0.29, 0.717) is 11.6 Å². The monoisotopic (exact) mass is 346 g/mol. The molecule has 0 saturated heterocycles. The SMILES string of the molecule is Cn1cc([C@@H]2C[C@H]2C(=O)[C@H](C#N)c2nnc(-c3ccccc3)n2C)cn1. The minimum Gasteiger partial charge on any atom is -0.313 e. The van der Waals surface area contributed by atoms with Crippen LogP contribution in [-0.4, -0.2) is 30.3 Å². The molecule has 0 N–H and O–H groups in total. The number of aryl methyl sites for hydroxylation is 1. The summed E-state index contributed by atoms with van der Waals surface area (Å²) in [6.45, 7) is 0. The second-order valence-electron chi connectivity index (χ2n) is 6.67. The molecular formula is C19H18N6O. The van der Waals surface area contributed by atoms with Crippen molar-refractivity contribution in [1.82, 2.24) is 24.5 Å². The second kappa shape index (κ2) is 6.23. The van der Waals surface area contributed by atoms with Crippen LogP contribution in [0.5, 0.6) is 0 Å². The van der Waals surface area contributed by atoms with Crippen LogP contribution in [0.3, 0.4) is 0 Å². The number of carbonyl (C=O) groups is 1. The summed E-state index contributed by atoms with van der Waals surface area (Å²) in [5.74, 6) is 0.0455. The fourth-order valence-electron chi connectivity index (χ4n) is 3.40. The molecule has 2 aromatic heterocycles. The number of benzene rings is 1. The summed E-state index contributed by atoms with van der Waals surface area (Å²) in [4.78, 5) is 12.9. The van der Waals surface area contributed by atoms with Gasteiger partial charge in [0.05, 0.1) is 12.3 Å². The number of ketones is 1. The van der Waals surface area contributed by atoms with Crippen molar-refractivity contribution in [3.63, 3.8) is 0 Å². The van der Waals surface area contributed by atoms with E-state index in [1.54, 1.807) is 22.5 Å². The number of aromatic nitrogens is 5. The second-order valence-corrected chi connectivity index (χ2v) is 6.67. The Hall–Kier alpha value is -3.27. The molecule has 1 saturated carbocycles. The molecule has 0 bridgehead atoms. The van der Waals surface area contributed by atoms with Gasteiger partial charge in [-0.15, -0.1) is 10.2 Å². The van der Waals surface area contributed by atoms with Gasteiger partial charge in [-0.3, -0.25) is 9.48 Å². The molecule has 26 heavy (non-hydrogen) atoms. The van der Waals surface area contributed by atoms with Crippen LogP contribution < -0.4 is 0 Å². The van der Waals surface area contributed by atoms with Crippen molar-refractivity contribution in [3.8, 4) is 17.5 Å². The standard InChI is InChI=1S/C19H18N6O/c1-24-11-13(10-21-24)14-8-15(14)17(26)16(9-20)19-23-22-18(25(19)2)12-6-4-3-5-7-12/h3-7,10-11,14-16H,8H2,1-2H3/t14-,15+,16-/m0/s1. The van der Waals surface area contributed by atoms with Gasteiger partial charge in [0.1, 0.15) is 0 Å². The van der Waals surface area contributed by atoms with E-state index < -0.39 is 5.92 Å². The number of Topliss-reactive ketones (excluding diaryl/α,β-unsaturated/α-hetero) is 1. The molecule has 3 atom stereocenters. The Balaban J connectivity index is 1.58. The lowest BCUT2D eigenvalue weighted by atomic mass is 9.99. The van der Waals surface area contributed by atoms with Crippen molar-refractivity contribution in [2.45, 2.75) is 18.3 Å². The highest BCUT2D eigenvalue weighted by Gasteiger charge is 2.48. The minimum atomic E-state index is -0.906. The van der Waals surface area contributed by atoms with Crippen LogP contribution in [0.15, 0.2) is 42.7 Å². The minimum absolute atomic E-state index is 0.0866. The van der Waals surface area contributed by atoms with Gasteiger partial charge in [-0.1, -0.05) is 30.3 Å². The van der Waals surface area contributed by atoms with Crippen molar-refractivity contribution >= 4 is 5.78 Å². The van der Waals surface area contributed by atoms with Gasteiger partial charge in [0.2, 0.25) is 0 Å². The van der Waals surface area contributed by atoms with E-state index >= 15 is 0 Å². The maximum Gasteiger partial charge on any atom is 0.165 e. The zero-order valence-corrected chi connectivity index (χ0v) is 14.6. The van der Waals surface area contributed by atoms with Crippen molar-refractivity contribution in [2.75, 3.05) is 0 Å². The van der Waals surface area contributed by atoms with Gasteiger partial charge in [-0.05, 0) is 17.9 Å². The van der Waals surface area contributed by atoms with E-state index in [9.17, 15) is 10.1 Å². The number of hydrogen-bond acceptors (Lipinski definition) is 5. The molecule has 0 radical (unpaired) electrons. The normalized spacial score (nSPS) is 19.7. The maximum absolute atomic E-state index is 12.9. The van der Waals surface area contributed by atoms with Crippen molar-refractivity contribution in [3.05, 3.63) is 54.1 Å². The Morgan fingerprint density at radius 3 is 2.69 bits per heavy atom. The molecule has 0 amide bonds. The van der Waals surface area contributed by atoms with Crippen LogP contribution in [0.25, 0.3) is 11.4 Å².